The van der Waals surface area contributed by atoms with Gasteiger partial charge >= 0.3 is 5.69 Å². The molecule has 2 unspecified atom stereocenters. The first-order valence-corrected chi connectivity index (χ1v) is 7.59. The van der Waals surface area contributed by atoms with Crippen LogP contribution >= 0.6 is 11.3 Å². The Balaban J connectivity index is 2.32. The molecule has 0 spiro atoms. The molecule has 1 aromatic rings. The molecule has 1 aliphatic heterocycles. The van der Waals surface area contributed by atoms with Crippen molar-refractivity contribution < 1.29 is 10.0 Å². The lowest BCUT2D eigenvalue weighted by Crippen LogP contribution is -2.37. The maximum atomic E-state index is 11.2. The Kier molecular flexibility index (Phi) is 4.62. The molecular weight excluding hydrogens is 278 g/mol. The number of rotatable bonds is 5. The molecule has 0 aromatic carbocycles. The van der Waals surface area contributed by atoms with E-state index in [1.165, 1.54) is 17.4 Å². The SMILES string of the molecule is CC(O)c1cc([N+](=O)[O-])c(N2CCCC2CN(C)C)s1. The number of nitrogens with zero attached hydrogens (tertiary/aromatic N) is 3. The van der Waals surface area contributed by atoms with Crippen molar-refractivity contribution in [2.45, 2.75) is 31.9 Å². The molecule has 7 heteroatoms. The molecule has 0 aliphatic carbocycles. The van der Waals surface area contributed by atoms with Crippen molar-refractivity contribution in [2.24, 2.45) is 0 Å². The van der Waals surface area contributed by atoms with E-state index in [-0.39, 0.29) is 10.6 Å². The minimum Gasteiger partial charge on any atom is -0.388 e. The molecule has 0 bridgehead atoms. The van der Waals surface area contributed by atoms with E-state index in [0.29, 0.717) is 15.9 Å². The summed E-state index contributed by atoms with van der Waals surface area (Å²) in [6.07, 6.45) is 1.44. The van der Waals surface area contributed by atoms with Gasteiger partial charge in [0.2, 0.25) is 0 Å². The van der Waals surface area contributed by atoms with Crippen LogP contribution in [0.4, 0.5) is 10.7 Å². The van der Waals surface area contributed by atoms with Crippen molar-refractivity contribution in [3.8, 4) is 0 Å². The summed E-state index contributed by atoms with van der Waals surface area (Å²) in [7, 11) is 4.03. The molecule has 2 rings (SSSR count). The largest absolute Gasteiger partial charge is 0.388 e. The summed E-state index contributed by atoms with van der Waals surface area (Å²) in [6.45, 7) is 3.37. The zero-order valence-electron chi connectivity index (χ0n) is 12.1. The fraction of sp³-hybridized carbons (Fsp3) is 0.692. The number of thiophene rings is 1. The smallest absolute Gasteiger partial charge is 0.304 e. The van der Waals surface area contributed by atoms with Crippen LogP contribution in [0.15, 0.2) is 6.07 Å². The third-order valence-corrected chi connectivity index (χ3v) is 4.87. The maximum Gasteiger partial charge on any atom is 0.304 e. The van der Waals surface area contributed by atoms with Gasteiger partial charge in [0.1, 0.15) is 0 Å². The topological polar surface area (TPSA) is 69.8 Å². The zero-order chi connectivity index (χ0) is 14.9. The van der Waals surface area contributed by atoms with Crippen molar-refractivity contribution in [3.63, 3.8) is 0 Å². The average molecular weight is 299 g/mol. The summed E-state index contributed by atoms with van der Waals surface area (Å²) >= 11 is 1.34. The third kappa shape index (κ3) is 3.11. The first-order chi connectivity index (χ1) is 9.40. The lowest BCUT2D eigenvalue weighted by Gasteiger charge is -2.27. The number of likely N-dealkylation sites (N-methyl/N-ethyl adjacent to an activating group) is 1. The van der Waals surface area contributed by atoms with Gasteiger partial charge in [0.15, 0.2) is 5.00 Å². The van der Waals surface area contributed by atoms with Crippen LogP contribution in [0.1, 0.15) is 30.7 Å². The van der Waals surface area contributed by atoms with E-state index in [0.717, 1.165) is 25.9 Å². The minimum atomic E-state index is -0.664. The van der Waals surface area contributed by atoms with Crippen LogP contribution in [0, 0.1) is 10.1 Å². The number of anilines is 1. The van der Waals surface area contributed by atoms with Gasteiger partial charge in [0.05, 0.1) is 11.0 Å². The summed E-state index contributed by atoms with van der Waals surface area (Å²) in [5, 5.41) is 21.6. The zero-order valence-corrected chi connectivity index (χ0v) is 12.9. The second-order valence-corrected chi connectivity index (χ2v) is 6.59. The van der Waals surface area contributed by atoms with Crippen LogP contribution in [0.5, 0.6) is 0 Å². The van der Waals surface area contributed by atoms with Gasteiger partial charge < -0.3 is 14.9 Å². The van der Waals surface area contributed by atoms with Crippen LogP contribution in [0.25, 0.3) is 0 Å². The van der Waals surface area contributed by atoms with Gasteiger partial charge in [-0.05, 0) is 33.9 Å². The number of aliphatic hydroxyl groups excluding tert-OH is 1. The molecule has 6 nitrogen and oxygen atoms in total. The van der Waals surface area contributed by atoms with E-state index < -0.39 is 6.10 Å². The number of hydrogen-bond acceptors (Lipinski definition) is 6. The third-order valence-electron chi connectivity index (χ3n) is 3.53. The van der Waals surface area contributed by atoms with E-state index in [9.17, 15) is 15.2 Å². The number of hydrogen-bond donors (Lipinski definition) is 1. The van der Waals surface area contributed by atoms with Crippen molar-refractivity contribution in [1.29, 1.82) is 0 Å². The van der Waals surface area contributed by atoms with Gasteiger partial charge in [-0.3, -0.25) is 10.1 Å². The van der Waals surface area contributed by atoms with Gasteiger partial charge in [-0.1, -0.05) is 0 Å². The van der Waals surface area contributed by atoms with Gasteiger partial charge in [0, 0.05) is 30.1 Å². The van der Waals surface area contributed by atoms with E-state index >= 15 is 0 Å². The molecule has 1 N–H and O–H groups in total. The number of nitro groups is 1. The molecule has 112 valence electrons. The Bertz CT molecular complexity index is 487. The number of aliphatic hydroxyl groups is 1. The fourth-order valence-corrected chi connectivity index (χ4v) is 3.81. The normalized spacial score (nSPS) is 20.6. The van der Waals surface area contributed by atoms with Crippen molar-refractivity contribution in [3.05, 3.63) is 21.1 Å². The first-order valence-electron chi connectivity index (χ1n) is 6.77. The van der Waals surface area contributed by atoms with E-state index in [1.807, 2.05) is 14.1 Å². The van der Waals surface area contributed by atoms with Gasteiger partial charge in [-0.2, -0.15) is 0 Å². The first kappa shape index (κ1) is 15.2. The molecule has 1 saturated heterocycles. The van der Waals surface area contributed by atoms with Gasteiger partial charge in [0.25, 0.3) is 0 Å². The molecule has 1 aliphatic rings. The Morgan fingerprint density at radius 2 is 2.35 bits per heavy atom. The van der Waals surface area contributed by atoms with Crippen LogP contribution in [0.2, 0.25) is 0 Å². The molecule has 0 amide bonds. The van der Waals surface area contributed by atoms with Crippen LogP contribution in [-0.4, -0.2) is 48.2 Å². The average Bonchev–Trinajstić information content (AvgIpc) is 2.93. The molecule has 1 aromatic heterocycles. The summed E-state index contributed by atoms with van der Waals surface area (Å²) in [5.41, 5.74) is 0.122. The van der Waals surface area contributed by atoms with Crippen LogP contribution in [-0.2, 0) is 0 Å². The molecule has 0 radical (unpaired) electrons. The van der Waals surface area contributed by atoms with E-state index in [4.69, 9.17) is 0 Å². The lowest BCUT2D eigenvalue weighted by molar-refractivity contribution is -0.383. The predicted octanol–water partition coefficient (Wildman–Crippen LogP) is 2.24. The molecule has 1 fully saturated rings. The Hall–Kier alpha value is -1.18. The Labute approximate surface area is 122 Å². The highest BCUT2D eigenvalue weighted by atomic mass is 32.1. The highest BCUT2D eigenvalue weighted by Crippen LogP contribution is 2.42. The molecule has 0 saturated carbocycles. The standard InChI is InChI=1S/C13H21N3O3S/c1-9(17)12-7-11(16(18)19)13(20-12)15-6-4-5-10(15)8-14(2)3/h7,9-10,17H,4-6,8H2,1-3H3. The second kappa shape index (κ2) is 6.07. The summed E-state index contributed by atoms with van der Waals surface area (Å²) < 4.78 is 0. The van der Waals surface area contributed by atoms with Crippen LogP contribution < -0.4 is 4.90 Å². The minimum absolute atomic E-state index is 0.122. The maximum absolute atomic E-state index is 11.2. The highest BCUT2D eigenvalue weighted by Gasteiger charge is 2.32. The van der Waals surface area contributed by atoms with Crippen molar-refractivity contribution >= 4 is 22.0 Å². The Morgan fingerprint density at radius 3 is 2.90 bits per heavy atom. The van der Waals surface area contributed by atoms with Gasteiger partial charge in [-0.15, -0.1) is 11.3 Å². The summed E-state index contributed by atoms with van der Waals surface area (Å²) in [5.74, 6) is 0. The molecule has 2 atom stereocenters. The van der Waals surface area contributed by atoms with E-state index in [2.05, 4.69) is 9.80 Å². The highest BCUT2D eigenvalue weighted by molar-refractivity contribution is 7.16. The molecule has 2 heterocycles. The van der Waals surface area contributed by atoms with Crippen LogP contribution in [0.3, 0.4) is 0 Å². The van der Waals surface area contributed by atoms with E-state index in [1.54, 1.807) is 6.92 Å². The fourth-order valence-electron chi connectivity index (χ4n) is 2.65. The summed E-state index contributed by atoms with van der Waals surface area (Å²) in [4.78, 5) is 15.8. The molecular formula is C13H21N3O3S. The Morgan fingerprint density at radius 1 is 1.65 bits per heavy atom. The molecule has 20 heavy (non-hydrogen) atoms. The van der Waals surface area contributed by atoms with Crippen molar-refractivity contribution in [2.75, 3.05) is 32.1 Å². The second-order valence-electron chi connectivity index (χ2n) is 5.52. The monoisotopic (exact) mass is 299 g/mol. The van der Waals surface area contributed by atoms with Gasteiger partial charge in [-0.25, -0.2) is 0 Å². The lowest BCUT2D eigenvalue weighted by atomic mass is 10.2. The van der Waals surface area contributed by atoms with Crippen molar-refractivity contribution in [1.82, 2.24) is 4.90 Å². The predicted molar refractivity (Wildman–Crippen MR) is 80.5 cm³/mol. The summed E-state index contributed by atoms with van der Waals surface area (Å²) in [6, 6.07) is 1.82. The quantitative estimate of drug-likeness (QED) is 0.667.